The molecule has 0 aromatic heterocycles. The Bertz CT molecular complexity index is 272. The second-order valence-electron chi connectivity index (χ2n) is 2.01. The molecule has 0 radical (unpaired) electrons. The molecule has 1 aromatic carbocycles. The Morgan fingerprint density at radius 3 is 2.42 bits per heavy atom. The van der Waals surface area contributed by atoms with Gasteiger partial charge in [0.05, 0.1) is 0 Å². The molecule has 1 nitrogen and oxygen atoms in total. The van der Waals surface area contributed by atoms with Crippen LogP contribution in [0.3, 0.4) is 0 Å². The largest absolute Gasteiger partial charge is 0.445 e. The van der Waals surface area contributed by atoms with E-state index >= 15 is 0 Å². The van der Waals surface area contributed by atoms with Crippen LogP contribution in [0.2, 0.25) is 0 Å². The summed E-state index contributed by atoms with van der Waals surface area (Å²) in [6.45, 7) is 0. The van der Waals surface area contributed by atoms with Gasteiger partial charge in [-0.1, -0.05) is 6.07 Å². The molecule has 5 heteroatoms. The van der Waals surface area contributed by atoms with E-state index < -0.39 is 9.80 Å². The van der Waals surface area contributed by atoms with Gasteiger partial charge in [-0.15, -0.1) is 0 Å². The first kappa shape index (κ1) is 9.90. The van der Waals surface area contributed by atoms with Crippen LogP contribution in [0.25, 0.3) is 0 Å². The van der Waals surface area contributed by atoms with Gasteiger partial charge in [0.25, 0.3) is 0 Å². The molecule has 0 saturated carbocycles. The number of halogens is 4. The lowest BCUT2D eigenvalue weighted by Gasteiger charge is -2.12. The van der Waals surface area contributed by atoms with Gasteiger partial charge in [-0.2, -0.15) is 0 Å². The van der Waals surface area contributed by atoms with E-state index in [1.807, 2.05) is 0 Å². The van der Waals surface area contributed by atoms with Crippen molar-refractivity contribution in [2.24, 2.45) is 0 Å². The lowest BCUT2D eigenvalue weighted by molar-refractivity contribution is 0.318. The Labute approximate surface area is 84.0 Å². The molecule has 0 saturated heterocycles. The number of alkyl halides is 3. The molecular formula is C7H4Cl3FO. The summed E-state index contributed by atoms with van der Waals surface area (Å²) in [5, 5.41) is 0. The lowest BCUT2D eigenvalue weighted by atomic mass is 10.3. The second-order valence-corrected chi connectivity index (χ2v) is 4.18. The van der Waals surface area contributed by atoms with Crippen molar-refractivity contribution < 1.29 is 9.13 Å². The average Bonchev–Trinajstić information content (AvgIpc) is 1.82. The fourth-order valence-corrected chi connectivity index (χ4v) is 0.931. The lowest BCUT2D eigenvalue weighted by Crippen LogP contribution is -2.12. The van der Waals surface area contributed by atoms with Crippen LogP contribution in [-0.4, -0.2) is 3.98 Å². The third-order valence-electron chi connectivity index (χ3n) is 1.03. The monoisotopic (exact) mass is 228 g/mol. The van der Waals surface area contributed by atoms with Crippen LogP contribution >= 0.6 is 34.8 Å². The van der Waals surface area contributed by atoms with Crippen LogP contribution in [-0.2, 0) is 0 Å². The summed E-state index contributed by atoms with van der Waals surface area (Å²) in [7, 11) is 0. The maximum absolute atomic E-state index is 12.5. The summed E-state index contributed by atoms with van der Waals surface area (Å²) < 4.78 is 15.4. The van der Waals surface area contributed by atoms with Gasteiger partial charge >= 0.3 is 3.98 Å². The molecule has 12 heavy (non-hydrogen) atoms. The third-order valence-corrected chi connectivity index (χ3v) is 1.26. The van der Waals surface area contributed by atoms with E-state index in [9.17, 15) is 4.39 Å². The maximum atomic E-state index is 12.5. The van der Waals surface area contributed by atoms with Crippen molar-refractivity contribution >= 4 is 34.8 Å². The Morgan fingerprint density at radius 1 is 1.25 bits per heavy atom. The smallest absolute Gasteiger partial charge is 0.338 e. The van der Waals surface area contributed by atoms with Gasteiger partial charge in [0.2, 0.25) is 0 Å². The second kappa shape index (κ2) is 3.69. The first-order valence-electron chi connectivity index (χ1n) is 2.99. The summed E-state index contributed by atoms with van der Waals surface area (Å²) in [6.07, 6.45) is 0. The summed E-state index contributed by atoms with van der Waals surface area (Å²) >= 11 is 15.9. The minimum atomic E-state index is -1.85. The zero-order chi connectivity index (χ0) is 9.19. The molecule has 0 heterocycles. The zero-order valence-corrected chi connectivity index (χ0v) is 8.00. The Balaban J connectivity index is 2.77. The number of hydrogen-bond acceptors (Lipinski definition) is 1. The number of benzene rings is 1. The van der Waals surface area contributed by atoms with Crippen LogP contribution < -0.4 is 4.74 Å². The topological polar surface area (TPSA) is 9.23 Å². The fourth-order valence-electron chi connectivity index (χ4n) is 0.664. The van der Waals surface area contributed by atoms with Crippen molar-refractivity contribution in [2.75, 3.05) is 0 Å². The van der Waals surface area contributed by atoms with Crippen LogP contribution in [0.4, 0.5) is 4.39 Å². The van der Waals surface area contributed by atoms with Crippen molar-refractivity contribution in [1.29, 1.82) is 0 Å². The van der Waals surface area contributed by atoms with Crippen LogP contribution in [0.5, 0.6) is 5.75 Å². The molecule has 66 valence electrons. The van der Waals surface area contributed by atoms with Crippen molar-refractivity contribution in [3.63, 3.8) is 0 Å². The van der Waals surface area contributed by atoms with Gasteiger partial charge in [-0.05, 0) is 46.9 Å². The van der Waals surface area contributed by atoms with E-state index in [0.717, 1.165) is 6.07 Å². The molecule has 0 amide bonds. The molecule has 0 bridgehead atoms. The van der Waals surface area contributed by atoms with Gasteiger partial charge in [0.15, 0.2) is 0 Å². The SMILES string of the molecule is Fc1cccc(OC(Cl)(Cl)Cl)c1. The van der Waals surface area contributed by atoms with Crippen molar-refractivity contribution in [1.82, 2.24) is 0 Å². The molecule has 0 unspecified atom stereocenters. The van der Waals surface area contributed by atoms with Gasteiger partial charge in [0, 0.05) is 6.07 Å². The molecule has 1 rings (SSSR count). The molecule has 0 aliphatic carbocycles. The maximum Gasteiger partial charge on any atom is 0.338 e. The molecule has 0 fully saturated rings. The van der Waals surface area contributed by atoms with Crippen molar-refractivity contribution in [3.8, 4) is 5.75 Å². The quantitative estimate of drug-likeness (QED) is 0.669. The normalized spacial score (nSPS) is 11.3. The average molecular weight is 229 g/mol. The Hall–Kier alpha value is -0.180. The van der Waals surface area contributed by atoms with E-state index in [4.69, 9.17) is 39.5 Å². The molecule has 0 aliphatic heterocycles. The van der Waals surface area contributed by atoms with Gasteiger partial charge < -0.3 is 4.74 Å². The van der Waals surface area contributed by atoms with Crippen LogP contribution in [0.15, 0.2) is 24.3 Å². The number of ether oxygens (including phenoxy) is 1. The minimum absolute atomic E-state index is 0.176. The predicted molar refractivity (Wildman–Crippen MR) is 47.3 cm³/mol. The summed E-state index contributed by atoms with van der Waals surface area (Å²) in [5.41, 5.74) is 0. The first-order chi connectivity index (χ1) is 5.47. The highest BCUT2D eigenvalue weighted by atomic mass is 35.6. The van der Waals surface area contributed by atoms with E-state index in [1.165, 1.54) is 18.2 Å². The number of hydrogen-bond donors (Lipinski definition) is 0. The minimum Gasteiger partial charge on any atom is -0.445 e. The van der Waals surface area contributed by atoms with E-state index in [1.54, 1.807) is 0 Å². The predicted octanol–water partition coefficient (Wildman–Crippen LogP) is 3.53. The summed E-state index contributed by atoms with van der Waals surface area (Å²) in [5.74, 6) is -0.267. The van der Waals surface area contributed by atoms with Crippen LogP contribution in [0.1, 0.15) is 0 Å². The van der Waals surface area contributed by atoms with Gasteiger partial charge in [0.1, 0.15) is 11.6 Å². The summed E-state index contributed by atoms with van der Waals surface area (Å²) in [6, 6.07) is 5.35. The fraction of sp³-hybridized carbons (Fsp3) is 0.143. The molecule has 0 spiro atoms. The Morgan fingerprint density at radius 2 is 1.92 bits per heavy atom. The third kappa shape index (κ3) is 3.48. The van der Waals surface area contributed by atoms with Gasteiger partial charge in [-0.3, -0.25) is 0 Å². The molecule has 0 atom stereocenters. The highest BCUT2D eigenvalue weighted by molar-refractivity contribution is 6.66. The van der Waals surface area contributed by atoms with Crippen molar-refractivity contribution in [3.05, 3.63) is 30.1 Å². The molecule has 1 aromatic rings. The van der Waals surface area contributed by atoms with Gasteiger partial charge in [-0.25, -0.2) is 4.39 Å². The highest BCUT2D eigenvalue weighted by Crippen LogP contribution is 2.29. The highest BCUT2D eigenvalue weighted by Gasteiger charge is 2.21. The molecular weight excluding hydrogens is 225 g/mol. The molecule has 0 N–H and O–H groups in total. The van der Waals surface area contributed by atoms with E-state index in [-0.39, 0.29) is 5.75 Å². The van der Waals surface area contributed by atoms with E-state index in [0.29, 0.717) is 0 Å². The first-order valence-corrected chi connectivity index (χ1v) is 4.12. The molecule has 0 aliphatic rings. The zero-order valence-electron chi connectivity index (χ0n) is 5.73. The summed E-state index contributed by atoms with van der Waals surface area (Å²) in [4.78, 5) is 0. The Kier molecular flexibility index (Phi) is 3.04. The van der Waals surface area contributed by atoms with Crippen molar-refractivity contribution in [2.45, 2.75) is 3.98 Å². The van der Waals surface area contributed by atoms with E-state index in [2.05, 4.69) is 0 Å². The number of rotatable bonds is 1. The van der Waals surface area contributed by atoms with Crippen LogP contribution in [0, 0.1) is 5.82 Å². The standard InChI is InChI=1S/C7H4Cl3FO/c8-7(9,10)12-6-3-1-2-5(11)4-6/h1-4H.